The average molecular weight is 283 g/mol. The minimum Gasteiger partial charge on any atom is -0.357 e. The second-order valence-electron chi connectivity index (χ2n) is 5.91. The van der Waals surface area contributed by atoms with Gasteiger partial charge in [-0.15, -0.1) is 0 Å². The van der Waals surface area contributed by atoms with Crippen molar-refractivity contribution in [3.05, 3.63) is 0 Å². The summed E-state index contributed by atoms with van der Waals surface area (Å²) in [6, 6.07) is 0.429. The van der Waals surface area contributed by atoms with Crippen LogP contribution in [0.15, 0.2) is 4.99 Å². The van der Waals surface area contributed by atoms with E-state index in [9.17, 15) is 0 Å². The number of likely N-dealkylation sites (N-methyl/N-ethyl adjacent to an activating group) is 1. The number of hydrogen-bond donors (Lipinski definition) is 2. The molecule has 1 fully saturated rings. The number of nitrogens with zero attached hydrogens (tertiary/aromatic N) is 3. The summed E-state index contributed by atoms with van der Waals surface area (Å²) in [6.45, 7) is 14.3. The number of nitrogens with one attached hydrogen (secondary N) is 2. The Morgan fingerprint density at radius 2 is 1.85 bits per heavy atom. The van der Waals surface area contributed by atoms with Gasteiger partial charge in [-0.25, -0.2) is 0 Å². The Kier molecular flexibility index (Phi) is 8.62. The third-order valence-electron chi connectivity index (χ3n) is 3.52. The zero-order valence-corrected chi connectivity index (χ0v) is 13.8. The van der Waals surface area contributed by atoms with E-state index in [0.717, 1.165) is 19.0 Å². The summed E-state index contributed by atoms with van der Waals surface area (Å²) >= 11 is 0. The molecule has 0 amide bonds. The van der Waals surface area contributed by atoms with Crippen LogP contribution in [0, 0.1) is 0 Å². The molecule has 118 valence electrons. The summed E-state index contributed by atoms with van der Waals surface area (Å²) in [5.41, 5.74) is 0. The lowest BCUT2D eigenvalue weighted by atomic mass is 10.2. The minimum atomic E-state index is 0.429. The molecule has 0 atom stereocenters. The first kappa shape index (κ1) is 17.2. The van der Waals surface area contributed by atoms with Crippen LogP contribution in [0.3, 0.4) is 0 Å². The van der Waals surface area contributed by atoms with Gasteiger partial charge in [0.25, 0.3) is 0 Å². The van der Waals surface area contributed by atoms with Crippen LogP contribution >= 0.6 is 0 Å². The maximum absolute atomic E-state index is 4.62. The van der Waals surface area contributed by atoms with E-state index >= 15 is 0 Å². The van der Waals surface area contributed by atoms with Gasteiger partial charge in [-0.1, -0.05) is 0 Å². The molecule has 0 radical (unpaired) electrons. The Bertz CT molecular complexity index is 269. The van der Waals surface area contributed by atoms with Crippen LogP contribution < -0.4 is 10.6 Å². The molecule has 5 nitrogen and oxygen atoms in total. The maximum atomic E-state index is 4.62. The van der Waals surface area contributed by atoms with Crippen molar-refractivity contribution in [3.63, 3.8) is 0 Å². The molecule has 1 aliphatic heterocycles. The van der Waals surface area contributed by atoms with Crippen molar-refractivity contribution in [3.8, 4) is 0 Å². The molecule has 1 aliphatic rings. The normalized spacial score (nSPS) is 18.6. The van der Waals surface area contributed by atoms with Crippen LogP contribution in [-0.2, 0) is 0 Å². The van der Waals surface area contributed by atoms with Gasteiger partial charge in [-0.05, 0) is 47.2 Å². The lowest BCUT2D eigenvalue weighted by molar-refractivity contribution is 0.152. The van der Waals surface area contributed by atoms with Crippen LogP contribution in [0.4, 0.5) is 0 Å². The number of piperazine rings is 1. The SMILES string of the molecule is CCNC(=NCCCCN1CCN(C)CC1)NC(C)C. The molecule has 5 heteroatoms. The molecule has 0 aromatic carbocycles. The summed E-state index contributed by atoms with van der Waals surface area (Å²) < 4.78 is 0. The number of unbranched alkanes of at least 4 members (excludes halogenated alkanes) is 1. The van der Waals surface area contributed by atoms with Gasteiger partial charge < -0.3 is 20.4 Å². The van der Waals surface area contributed by atoms with E-state index in [-0.39, 0.29) is 0 Å². The Hall–Kier alpha value is -0.810. The predicted molar refractivity (Wildman–Crippen MR) is 87.4 cm³/mol. The van der Waals surface area contributed by atoms with E-state index in [1.54, 1.807) is 0 Å². The highest BCUT2D eigenvalue weighted by Gasteiger charge is 2.12. The third kappa shape index (κ3) is 7.70. The van der Waals surface area contributed by atoms with Gasteiger partial charge in [0.2, 0.25) is 0 Å². The Morgan fingerprint density at radius 1 is 1.15 bits per heavy atom. The standard InChI is InChI=1S/C15H33N5/c1-5-16-15(18-14(2)3)17-8-6-7-9-20-12-10-19(4)11-13-20/h14H,5-13H2,1-4H3,(H2,16,17,18). The quantitative estimate of drug-likeness (QED) is 0.415. The van der Waals surface area contributed by atoms with E-state index < -0.39 is 0 Å². The smallest absolute Gasteiger partial charge is 0.191 e. The molecule has 2 N–H and O–H groups in total. The second kappa shape index (κ2) is 10.00. The lowest BCUT2D eigenvalue weighted by Gasteiger charge is -2.32. The molecule has 0 aromatic heterocycles. The average Bonchev–Trinajstić information content (AvgIpc) is 2.40. The fourth-order valence-corrected chi connectivity index (χ4v) is 2.30. The predicted octanol–water partition coefficient (Wildman–Crippen LogP) is 0.978. The zero-order chi connectivity index (χ0) is 14.8. The van der Waals surface area contributed by atoms with Gasteiger partial charge in [0.1, 0.15) is 0 Å². The maximum Gasteiger partial charge on any atom is 0.191 e. The van der Waals surface area contributed by atoms with E-state index in [4.69, 9.17) is 0 Å². The van der Waals surface area contributed by atoms with Gasteiger partial charge >= 0.3 is 0 Å². The van der Waals surface area contributed by atoms with Crippen molar-refractivity contribution in [2.24, 2.45) is 4.99 Å². The Morgan fingerprint density at radius 3 is 2.45 bits per heavy atom. The molecule has 1 heterocycles. The van der Waals surface area contributed by atoms with E-state index in [0.29, 0.717) is 6.04 Å². The zero-order valence-electron chi connectivity index (χ0n) is 13.8. The monoisotopic (exact) mass is 283 g/mol. The summed E-state index contributed by atoms with van der Waals surface area (Å²) in [7, 11) is 2.20. The molecule has 0 bridgehead atoms. The van der Waals surface area contributed by atoms with E-state index in [1.807, 2.05) is 0 Å². The van der Waals surface area contributed by atoms with Gasteiger partial charge in [-0.3, -0.25) is 4.99 Å². The molecule has 20 heavy (non-hydrogen) atoms. The highest BCUT2D eigenvalue weighted by Crippen LogP contribution is 2.01. The summed E-state index contributed by atoms with van der Waals surface area (Å²) in [5, 5.41) is 6.63. The molecule has 0 aliphatic carbocycles. The molecule has 0 unspecified atom stereocenters. The van der Waals surface area contributed by atoms with Crippen LogP contribution in [0.5, 0.6) is 0 Å². The van der Waals surface area contributed by atoms with Crippen molar-refractivity contribution >= 4 is 5.96 Å². The van der Waals surface area contributed by atoms with E-state index in [2.05, 4.69) is 53.2 Å². The van der Waals surface area contributed by atoms with Crippen molar-refractivity contribution in [1.82, 2.24) is 20.4 Å². The van der Waals surface area contributed by atoms with Gasteiger partial charge in [0, 0.05) is 45.3 Å². The number of rotatable bonds is 7. The number of aliphatic imine (C=N–C) groups is 1. The molecule has 1 rings (SSSR count). The summed E-state index contributed by atoms with van der Waals surface area (Å²) in [6.07, 6.45) is 2.41. The first-order chi connectivity index (χ1) is 9.61. The van der Waals surface area contributed by atoms with Crippen LogP contribution in [-0.4, -0.2) is 74.7 Å². The van der Waals surface area contributed by atoms with Crippen molar-refractivity contribution in [2.45, 2.75) is 39.7 Å². The van der Waals surface area contributed by atoms with E-state index in [1.165, 1.54) is 45.6 Å². The van der Waals surface area contributed by atoms with Crippen LogP contribution in [0.25, 0.3) is 0 Å². The Labute approximate surface area is 124 Å². The first-order valence-electron chi connectivity index (χ1n) is 8.07. The molecule has 0 saturated carbocycles. The van der Waals surface area contributed by atoms with Crippen molar-refractivity contribution < 1.29 is 0 Å². The topological polar surface area (TPSA) is 42.9 Å². The van der Waals surface area contributed by atoms with Crippen molar-refractivity contribution in [2.75, 3.05) is 52.9 Å². The molecule has 0 aromatic rings. The largest absolute Gasteiger partial charge is 0.357 e. The number of hydrogen-bond acceptors (Lipinski definition) is 3. The highest BCUT2D eigenvalue weighted by atomic mass is 15.2. The van der Waals surface area contributed by atoms with Crippen molar-refractivity contribution in [1.29, 1.82) is 0 Å². The summed E-state index contributed by atoms with van der Waals surface area (Å²) in [5.74, 6) is 0.946. The van der Waals surface area contributed by atoms with Crippen LogP contribution in [0.2, 0.25) is 0 Å². The highest BCUT2D eigenvalue weighted by molar-refractivity contribution is 5.79. The molecule has 0 spiro atoms. The van der Waals surface area contributed by atoms with Gasteiger partial charge in [0.15, 0.2) is 5.96 Å². The molecular weight excluding hydrogens is 250 g/mol. The first-order valence-corrected chi connectivity index (χ1v) is 8.07. The van der Waals surface area contributed by atoms with Gasteiger partial charge in [0.05, 0.1) is 0 Å². The lowest BCUT2D eigenvalue weighted by Crippen LogP contribution is -2.44. The molecule has 1 saturated heterocycles. The summed E-state index contributed by atoms with van der Waals surface area (Å²) in [4.78, 5) is 9.59. The third-order valence-corrected chi connectivity index (χ3v) is 3.52. The minimum absolute atomic E-state index is 0.429. The number of guanidine groups is 1. The van der Waals surface area contributed by atoms with Gasteiger partial charge in [-0.2, -0.15) is 0 Å². The van der Waals surface area contributed by atoms with Crippen LogP contribution in [0.1, 0.15) is 33.6 Å². The fourth-order valence-electron chi connectivity index (χ4n) is 2.30. The molecular formula is C15H33N5. The fraction of sp³-hybridized carbons (Fsp3) is 0.933. The Balaban J connectivity index is 2.12. The second-order valence-corrected chi connectivity index (χ2v) is 5.91.